The lowest BCUT2D eigenvalue weighted by atomic mass is 10.1. The number of hydrogen-bond acceptors (Lipinski definition) is 5. The number of hydrogen-bond donors (Lipinski definition) is 1. The molecule has 3 heterocycles. The molecule has 0 spiro atoms. The van der Waals surface area contributed by atoms with E-state index in [2.05, 4.69) is 10.3 Å². The smallest absolute Gasteiger partial charge is 0.267 e. The predicted octanol–water partition coefficient (Wildman–Crippen LogP) is 0.646. The van der Waals surface area contributed by atoms with E-state index in [9.17, 15) is 9.59 Å². The molecule has 2 aliphatic heterocycles. The number of carbonyl (C=O) groups is 1. The quantitative estimate of drug-likeness (QED) is 0.829. The lowest BCUT2D eigenvalue weighted by Gasteiger charge is -2.19. The van der Waals surface area contributed by atoms with Gasteiger partial charge < -0.3 is 10.1 Å². The van der Waals surface area contributed by atoms with Gasteiger partial charge in [-0.05, 0) is 19.8 Å². The summed E-state index contributed by atoms with van der Waals surface area (Å²) in [5.74, 6) is 0.470. The molecule has 6 nitrogen and oxygen atoms in total. The lowest BCUT2D eigenvalue weighted by Crippen LogP contribution is -2.43. The number of aromatic nitrogens is 2. The van der Waals surface area contributed by atoms with Crippen LogP contribution in [0, 0.1) is 0 Å². The summed E-state index contributed by atoms with van der Waals surface area (Å²) in [6.07, 6.45) is 3.38. The highest BCUT2D eigenvalue weighted by Crippen LogP contribution is 2.20. The summed E-state index contributed by atoms with van der Waals surface area (Å²) in [5, 5.41) is 3.54. The Labute approximate surface area is 120 Å². The molecular weight excluding hydrogens is 278 g/mol. The third-order valence-electron chi connectivity index (χ3n) is 3.68. The Morgan fingerprint density at radius 1 is 1.65 bits per heavy atom. The van der Waals surface area contributed by atoms with Crippen molar-refractivity contribution in [2.75, 3.05) is 12.4 Å². The zero-order valence-corrected chi connectivity index (χ0v) is 12.1. The van der Waals surface area contributed by atoms with E-state index in [1.54, 1.807) is 4.57 Å². The normalized spacial score (nSPS) is 22.6. The summed E-state index contributed by atoms with van der Waals surface area (Å²) < 4.78 is 7.10. The summed E-state index contributed by atoms with van der Waals surface area (Å²) >= 11 is 1.54. The molecule has 0 radical (unpaired) electrons. The van der Waals surface area contributed by atoms with Crippen LogP contribution in [-0.4, -0.2) is 40.0 Å². The topological polar surface area (TPSA) is 73.2 Å². The van der Waals surface area contributed by atoms with Gasteiger partial charge >= 0.3 is 0 Å². The van der Waals surface area contributed by atoms with Gasteiger partial charge in [0, 0.05) is 25.1 Å². The summed E-state index contributed by atoms with van der Waals surface area (Å²) in [7, 11) is 0. The van der Waals surface area contributed by atoms with Gasteiger partial charge in [-0.1, -0.05) is 11.8 Å². The number of rotatable bonds is 3. The van der Waals surface area contributed by atoms with Crippen molar-refractivity contribution in [3.05, 3.63) is 22.1 Å². The molecule has 20 heavy (non-hydrogen) atoms. The van der Waals surface area contributed by atoms with E-state index in [4.69, 9.17) is 4.74 Å². The van der Waals surface area contributed by atoms with E-state index < -0.39 is 0 Å². The van der Waals surface area contributed by atoms with Gasteiger partial charge in [0.25, 0.3) is 11.5 Å². The minimum absolute atomic E-state index is 0.0413. The van der Waals surface area contributed by atoms with Crippen molar-refractivity contribution in [1.82, 2.24) is 14.9 Å². The Kier molecular flexibility index (Phi) is 3.80. The summed E-state index contributed by atoms with van der Waals surface area (Å²) in [6.45, 7) is 3.27. The average molecular weight is 295 g/mol. The maximum atomic E-state index is 12.2. The highest BCUT2D eigenvalue weighted by atomic mass is 32.2. The first-order valence-corrected chi connectivity index (χ1v) is 7.80. The van der Waals surface area contributed by atoms with Crippen LogP contribution >= 0.6 is 11.8 Å². The van der Waals surface area contributed by atoms with Crippen LogP contribution < -0.4 is 10.9 Å². The second-order valence-corrected chi connectivity index (χ2v) is 6.14. The first kappa shape index (κ1) is 13.6. The van der Waals surface area contributed by atoms with Gasteiger partial charge in [-0.25, -0.2) is 4.98 Å². The average Bonchev–Trinajstić information content (AvgIpc) is 3.10. The molecule has 1 fully saturated rings. The molecule has 108 valence electrons. The van der Waals surface area contributed by atoms with Crippen LogP contribution in [0.3, 0.4) is 0 Å². The molecule has 2 aliphatic rings. The fraction of sp³-hybridized carbons (Fsp3) is 0.615. The van der Waals surface area contributed by atoms with Crippen LogP contribution in [0.4, 0.5) is 0 Å². The number of thioether (sulfide) groups is 1. The summed E-state index contributed by atoms with van der Waals surface area (Å²) in [4.78, 5) is 28.6. The van der Waals surface area contributed by atoms with E-state index in [-0.39, 0.29) is 29.2 Å². The Hall–Kier alpha value is -1.34. The third kappa shape index (κ3) is 2.47. The van der Waals surface area contributed by atoms with E-state index >= 15 is 0 Å². The molecule has 0 aliphatic carbocycles. The molecular formula is C13H17N3O3S. The van der Waals surface area contributed by atoms with E-state index in [1.807, 2.05) is 6.92 Å². The van der Waals surface area contributed by atoms with Crippen molar-refractivity contribution < 1.29 is 9.53 Å². The largest absolute Gasteiger partial charge is 0.376 e. The van der Waals surface area contributed by atoms with Crippen LogP contribution in [0.25, 0.3) is 0 Å². The summed E-state index contributed by atoms with van der Waals surface area (Å²) in [6, 6.07) is -0.1000. The van der Waals surface area contributed by atoms with Crippen molar-refractivity contribution in [1.29, 1.82) is 0 Å². The number of nitrogens with one attached hydrogen (secondary N) is 1. The molecule has 2 atom stereocenters. The molecule has 1 amide bonds. The van der Waals surface area contributed by atoms with Gasteiger partial charge in [0.15, 0.2) is 5.16 Å². The van der Waals surface area contributed by atoms with Gasteiger partial charge in [0.1, 0.15) is 5.56 Å². The fourth-order valence-electron chi connectivity index (χ4n) is 2.55. The molecule has 0 aromatic carbocycles. The molecule has 1 N–H and O–H groups in total. The van der Waals surface area contributed by atoms with Crippen molar-refractivity contribution in [3.63, 3.8) is 0 Å². The number of amides is 1. The van der Waals surface area contributed by atoms with Gasteiger partial charge in [-0.2, -0.15) is 0 Å². The number of fused-ring (bicyclic) bond motifs is 1. The van der Waals surface area contributed by atoms with E-state index in [0.717, 1.165) is 25.2 Å². The second kappa shape index (κ2) is 5.57. The van der Waals surface area contributed by atoms with Gasteiger partial charge in [0.05, 0.1) is 12.1 Å². The Morgan fingerprint density at radius 2 is 2.50 bits per heavy atom. The lowest BCUT2D eigenvalue weighted by molar-refractivity contribution is 0.0710. The van der Waals surface area contributed by atoms with Crippen molar-refractivity contribution in [2.24, 2.45) is 0 Å². The Morgan fingerprint density at radius 3 is 3.25 bits per heavy atom. The Balaban J connectivity index is 1.76. The third-order valence-corrected chi connectivity index (χ3v) is 4.65. The van der Waals surface area contributed by atoms with Crippen LogP contribution in [0.5, 0.6) is 0 Å². The molecule has 1 saturated heterocycles. The molecule has 3 rings (SSSR count). The van der Waals surface area contributed by atoms with E-state index in [1.165, 1.54) is 18.0 Å². The van der Waals surface area contributed by atoms with Gasteiger partial charge in [0.2, 0.25) is 0 Å². The van der Waals surface area contributed by atoms with Crippen LogP contribution in [0.15, 0.2) is 16.1 Å². The van der Waals surface area contributed by atoms with E-state index in [0.29, 0.717) is 11.7 Å². The minimum Gasteiger partial charge on any atom is -0.376 e. The van der Waals surface area contributed by atoms with Crippen molar-refractivity contribution in [3.8, 4) is 0 Å². The molecule has 0 saturated carbocycles. The molecule has 1 aromatic rings. The SMILES string of the molecule is C[C@@H](NC(=O)c1cnc2n(c1=O)CCS2)[C@H]1CCCO1. The standard InChI is InChI=1S/C13H17N3O3S/c1-8(10-3-2-5-19-10)15-11(17)9-7-14-13-16(12(9)18)4-6-20-13/h7-8,10H,2-6H2,1H3,(H,15,17)/t8-,10-/m1/s1. The molecule has 0 unspecified atom stereocenters. The first-order chi connectivity index (χ1) is 9.66. The summed E-state index contributed by atoms with van der Waals surface area (Å²) in [5.41, 5.74) is -0.141. The number of ether oxygens (including phenoxy) is 1. The van der Waals surface area contributed by atoms with Crippen LogP contribution in [0.2, 0.25) is 0 Å². The highest BCUT2D eigenvalue weighted by molar-refractivity contribution is 7.99. The Bertz CT molecular complexity index is 581. The van der Waals surface area contributed by atoms with Crippen molar-refractivity contribution >= 4 is 17.7 Å². The number of nitrogens with zero attached hydrogens (tertiary/aromatic N) is 2. The second-order valence-electron chi connectivity index (χ2n) is 5.07. The van der Waals surface area contributed by atoms with Crippen LogP contribution in [0.1, 0.15) is 30.1 Å². The molecule has 1 aromatic heterocycles. The molecule has 7 heteroatoms. The first-order valence-electron chi connectivity index (χ1n) is 6.82. The zero-order chi connectivity index (χ0) is 14.1. The van der Waals surface area contributed by atoms with Gasteiger partial charge in [-0.15, -0.1) is 0 Å². The van der Waals surface area contributed by atoms with Gasteiger partial charge in [-0.3, -0.25) is 14.2 Å². The maximum absolute atomic E-state index is 12.2. The maximum Gasteiger partial charge on any atom is 0.267 e. The zero-order valence-electron chi connectivity index (χ0n) is 11.3. The highest BCUT2D eigenvalue weighted by Gasteiger charge is 2.26. The minimum atomic E-state index is -0.363. The predicted molar refractivity (Wildman–Crippen MR) is 75.1 cm³/mol. The monoisotopic (exact) mass is 295 g/mol. The number of carbonyl (C=O) groups excluding carboxylic acids is 1. The fourth-order valence-corrected chi connectivity index (χ4v) is 3.46. The molecule has 0 bridgehead atoms. The van der Waals surface area contributed by atoms with Crippen LogP contribution in [-0.2, 0) is 11.3 Å². The van der Waals surface area contributed by atoms with Crippen molar-refractivity contribution in [2.45, 2.75) is 43.6 Å².